The zero-order valence-electron chi connectivity index (χ0n) is 10.4. The van der Waals surface area contributed by atoms with E-state index in [0.29, 0.717) is 0 Å². The number of hydrogen-bond donors (Lipinski definition) is 7. The highest BCUT2D eigenvalue weighted by atomic mass is 31.2. The molecule has 0 bridgehead atoms. The molecule has 12 nitrogen and oxygen atoms in total. The molecular weight excluding hydrogens is 338 g/mol. The number of phosphoric ester groups is 2. The minimum atomic E-state index is -4.92. The van der Waals surface area contributed by atoms with E-state index in [1.807, 2.05) is 0 Å². The van der Waals surface area contributed by atoms with Crippen LogP contribution < -0.4 is 0 Å². The zero-order valence-corrected chi connectivity index (χ0v) is 12.2. The van der Waals surface area contributed by atoms with Gasteiger partial charge in [-0.3, -0.25) is 9.05 Å². The predicted molar refractivity (Wildman–Crippen MR) is 62.7 cm³/mol. The second-order valence-corrected chi connectivity index (χ2v) is 6.84. The summed E-state index contributed by atoms with van der Waals surface area (Å²) in [5, 5.41) is 28.7. The Kier molecular flexibility index (Phi) is 6.07. The van der Waals surface area contributed by atoms with Gasteiger partial charge in [0.25, 0.3) is 0 Å². The molecule has 7 N–H and O–H groups in total. The lowest BCUT2D eigenvalue weighted by molar-refractivity contribution is -0.138. The standard InChI is InChI=1S/C7H16O12P2/c8-2-7(3-18-21(14,15)16)6(10)5(9)4(19-7)1-17-20(11,12)13/h4-6,8-10H,1-3H2,(H2,11,12,13)(H2,14,15,16)/t4-,5-,6+,7+/m1/s1. The summed E-state index contributed by atoms with van der Waals surface area (Å²) in [6.45, 7) is -2.75. The first-order chi connectivity index (χ1) is 9.40. The van der Waals surface area contributed by atoms with Crippen LogP contribution >= 0.6 is 15.6 Å². The minimum Gasteiger partial charge on any atom is -0.393 e. The molecule has 0 saturated carbocycles. The van der Waals surface area contributed by atoms with Crippen LogP contribution in [0, 0.1) is 0 Å². The molecule has 0 aliphatic carbocycles. The van der Waals surface area contributed by atoms with Crippen LogP contribution in [0.1, 0.15) is 0 Å². The van der Waals surface area contributed by atoms with Crippen LogP contribution in [0.15, 0.2) is 0 Å². The first kappa shape index (κ1) is 19.1. The maximum absolute atomic E-state index is 10.6. The minimum absolute atomic E-state index is 0.819. The van der Waals surface area contributed by atoms with Crippen LogP contribution in [-0.4, -0.2) is 78.6 Å². The average Bonchev–Trinajstić information content (AvgIpc) is 2.57. The first-order valence-electron chi connectivity index (χ1n) is 5.45. The molecule has 1 aliphatic rings. The van der Waals surface area contributed by atoms with Gasteiger partial charge < -0.3 is 39.6 Å². The third kappa shape index (κ3) is 5.32. The molecule has 0 amide bonds. The van der Waals surface area contributed by atoms with Crippen molar-refractivity contribution in [2.75, 3.05) is 19.8 Å². The number of aliphatic hydroxyl groups excluding tert-OH is 3. The molecular formula is C7H16O12P2. The molecule has 1 rings (SSSR count). The molecule has 4 atom stereocenters. The highest BCUT2D eigenvalue weighted by Gasteiger charge is 2.55. The highest BCUT2D eigenvalue weighted by Crippen LogP contribution is 2.42. The van der Waals surface area contributed by atoms with Gasteiger partial charge in [-0.1, -0.05) is 0 Å². The molecule has 1 heterocycles. The van der Waals surface area contributed by atoms with Gasteiger partial charge >= 0.3 is 15.6 Å². The molecule has 0 aromatic rings. The fourth-order valence-electron chi connectivity index (χ4n) is 1.75. The zero-order chi connectivity index (χ0) is 16.5. The summed E-state index contributed by atoms with van der Waals surface area (Å²) in [6.07, 6.45) is -4.98. The van der Waals surface area contributed by atoms with Crippen LogP contribution in [-0.2, 0) is 22.9 Å². The summed E-state index contributed by atoms with van der Waals surface area (Å²) in [6, 6.07) is 0. The average molecular weight is 354 g/mol. The van der Waals surface area contributed by atoms with Crippen molar-refractivity contribution in [1.82, 2.24) is 0 Å². The fourth-order valence-corrected chi connectivity index (χ4v) is 2.48. The summed E-state index contributed by atoms with van der Waals surface area (Å²) in [5.74, 6) is 0. The summed E-state index contributed by atoms with van der Waals surface area (Å²) >= 11 is 0. The number of ether oxygens (including phenoxy) is 1. The van der Waals surface area contributed by atoms with E-state index in [0.717, 1.165) is 0 Å². The van der Waals surface area contributed by atoms with E-state index in [1.54, 1.807) is 0 Å². The Labute approximate surface area is 118 Å². The van der Waals surface area contributed by atoms with E-state index in [4.69, 9.17) is 24.3 Å². The number of hydrogen-bond acceptors (Lipinski definition) is 8. The molecule has 0 spiro atoms. The van der Waals surface area contributed by atoms with Crippen molar-refractivity contribution < 1.29 is 57.8 Å². The third-order valence-electron chi connectivity index (χ3n) is 2.78. The topological polar surface area (TPSA) is 203 Å². The molecule has 1 saturated heterocycles. The molecule has 126 valence electrons. The lowest BCUT2D eigenvalue weighted by Gasteiger charge is -2.29. The van der Waals surface area contributed by atoms with Gasteiger partial charge in [0.1, 0.15) is 23.9 Å². The SMILES string of the molecule is O=P(O)(O)OC[C@H]1O[C@@](CO)(COP(=O)(O)O)[C@@H](O)[C@@H]1O. The third-order valence-corrected chi connectivity index (χ3v) is 3.73. The number of rotatable bonds is 7. The van der Waals surface area contributed by atoms with Crippen LogP contribution in [0.3, 0.4) is 0 Å². The van der Waals surface area contributed by atoms with Crippen molar-refractivity contribution in [3.63, 3.8) is 0 Å². The lowest BCUT2D eigenvalue weighted by atomic mass is 9.96. The van der Waals surface area contributed by atoms with Crippen molar-refractivity contribution >= 4 is 15.6 Å². The van der Waals surface area contributed by atoms with Crippen molar-refractivity contribution in [3.8, 4) is 0 Å². The van der Waals surface area contributed by atoms with E-state index in [1.165, 1.54) is 0 Å². The first-order valence-corrected chi connectivity index (χ1v) is 8.51. The van der Waals surface area contributed by atoms with E-state index in [9.17, 15) is 24.4 Å². The monoisotopic (exact) mass is 354 g/mol. The van der Waals surface area contributed by atoms with E-state index < -0.39 is 59.4 Å². The van der Waals surface area contributed by atoms with Crippen molar-refractivity contribution in [3.05, 3.63) is 0 Å². The summed E-state index contributed by atoms with van der Waals surface area (Å²) in [4.78, 5) is 34.3. The van der Waals surface area contributed by atoms with Crippen molar-refractivity contribution in [1.29, 1.82) is 0 Å². The normalized spacial score (nSPS) is 34.3. The smallest absolute Gasteiger partial charge is 0.393 e. The Balaban J connectivity index is 2.78. The van der Waals surface area contributed by atoms with Gasteiger partial charge in [0, 0.05) is 0 Å². The molecule has 0 unspecified atom stereocenters. The van der Waals surface area contributed by atoms with Gasteiger partial charge in [-0.15, -0.1) is 0 Å². The van der Waals surface area contributed by atoms with Crippen LogP contribution in [0.2, 0.25) is 0 Å². The maximum atomic E-state index is 10.6. The summed E-state index contributed by atoms with van der Waals surface area (Å²) in [7, 11) is -9.77. The molecule has 0 radical (unpaired) electrons. The van der Waals surface area contributed by atoms with Crippen LogP contribution in [0.25, 0.3) is 0 Å². The molecule has 0 aromatic heterocycles. The molecule has 21 heavy (non-hydrogen) atoms. The van der Waals surface area contributed by atoms with Crippen molar-refractivity contribution in [2.45, 2.75) is 23.9 Å². The summed E-state index contributed by atoms with van der Waals surface area (Å²) < 4.78 is 34.5. The largest absolute Gasteiger partial charge is 0.469 e. The van der Waals surface area contributed by atoms with Gasteiger partial charge in [-0.25, -0.2) is 9.13 Å². The van der Waals surface area contributed by atoms with Gasteiger partial charge in [-0.2, -0.15) is 0 Å². The Morgan fingerprint density at radius 1 is 1.05 bits per heavy atom. The molecule has 1 fully saturated rings. The molecule has 0 aromatic carbocycles. The van der Waals surface area contributed by atoms with Gasteiger partial charge in [-0.05, 0) is 0 Å². The quantitative estimate of drug-likeness (QED) is 0.229. The number of phosphoric acid groups is 2. The van der Waals surface area contributed by atoms with Gasteiger partial charge in [0.05, 0.1) is 19.8 Å². The van der Waals surface area contributed by atoms with E-state index >= 15 is 0 Å². The Morgan fingerprint density at radius 3 is 2.00 bits per heavy atom. The number of aliphatic hydroxyl groups is 3. The Morgan fingerprint density at radius 2 is 1.57 bits per heavy atom. The molecule has 1 aliphatic heterocycles. The maximum Gasteiger partial charge on any atom is 0.469 e. The second kappa shape index (κ2) is 6.67. The summed E-state index contributed by atoms with van der Waals surface area (Å²) in [5.41, 5.74) is -2.07. The van der Waals surface area contributed by atoms with Crippen molar-refractivity contribution in [2.24, 2.45) is 0 Å². The Bertz CT molecular complexity index is 443. The highest BCUT2D eigenvalue weighted by molar-refractivity contribution is 7.46. The van der Waals surface area contributed by atoms with Crippen LogP contribution in [0.5, 0.6) is 0 Å². The molecule has 14 heteroatoms. The fraction of sp³-hybridized carbons (Fsp3) is 1.00. The lowest BCUT2D eigenvalue weighted by Crippen LogP contribution is -2.49. The van der Waals surface area contributed by atoms with Crippen LogP contribution in [0.4, 0.5) is 0 Å². The Hall–Kier alpha value is 0.0600. The predicted octanol–water partition coefficient (Wildman–Crippen LogP) is -2.94. The van der Waals surface area contributed by atoms with Gasteiger partial charge in [0.2, 0.25) is 0 Å². The second-order valence-electron chi connectivity index (χ2n) is 4.36. The van der Waals surface area contributed by atoms with Gasteiger partial charge in [0.15, 0.2) is 0 Å². The van der Waals surface area contributed by atoms with E-state index in [2.05, 4.69) is 9.05 Å². The van der Waals surface area contributed by atoms with E-state index in [-0.39, 0.29) is 0 Å².